The number of aliphatic carboxylic acids is 2. The van der Waals surface area contributed by atoms with Crippen molar-refractivity contribution in [2.45, 2.75) is 13.8 Å². The maximum atomic E-state index is 8.89. The zero-order valence-corrected chi connectivity index (χ0v) is 15.4. The second-order valence-electron chi connectivity index (χ2n) is 1.21. The van der Waals surface area contributed by atoms with Gasteiger partial charge in [-0.3, -0.25) is 0 Å². The average Bonchev–Trinajstić information content (AvgIpc) is 1.54. The topological polar surface area (TPSA) is 146 Å². The Morgan fingerprint density at radius 2 is 1.00 bits per heavy atom. The van der Waals surface area contributed by atoms with E-state index in [1.165, 1.54) is 0 Å². The monoisotopic (exact) mass is 411 g/mol. The molecule has 0 N–H and O–H groups in total. The van der Waals surface area contributed by atoms with Gasteiger partial charge >= 0.3 is 103 Å². The summed E-state index contributed by atoms with van der Waals surface area (Å²) in [5, 5.41) is 32.5. The van der Waals surface area contributed by atoms with Crippen molar-refractivity contribution < 1.29 is 44.4 Å². The molecule has 0 aromatic rings. The molecule has 0 fully saturated rings. The van der Waals surface area contributed by atoms with Crippen molar-refractivity contribution >= 4 is 95.2 Å². The van der Waals surface area contributed by atoms with Gasteiger partial charge in [0, 0.05) is 11.9 Å². The smallest absolute Gasteiger partial charge is 0.550 e. The Morgan fingerprint density at radius 1 is 1.00 bits per heavy atom. The largest absolute Gasteiger partial charge is 3.00 e. The molecule has 11 heteroatoms. The molecule has 0 radical (unpaired) electrons. The second-order valence-corrected chi connectivity index (χ2v) is 1.21. The van der Waals surface area contributed by atoms with Gasteiger partial charge in [0.2, 0.25) is 0 Å². The first kappa shape index (κ1) is 36.0. The maximum absolute atomic E-state index is 8.89. The molecule has 0 saturated heterocycles. The standard InChI is InChI=1S/2C2H4O2.Ca.NO3.Rh.Sr/c2*1-2(3)4;;2-1(3)4;;/h2*1H3,(H,3,4);;;;/q;;+2;-1;+3;+2/p-2. The maximum Gasteiger partial charge on any atom is 3.00 e. The zero-order chi connectivity index (χ0) is 10.7. The van der Waals surface area contributed by atoms with Crippen LogP contribution in [0.4, 0.5) is 0 Å². The summed E-state index contributed by atoms with van der Waals surface area (Å²) in [4.78, 5) is 26.0. The van der Waals surface area contributed by atoms with Crippen LogP contribution in [0.2, 0.25) is 0 Å². The average molecular weight is 411 g/mol. The van der Waals surface area contributed by atoms with E-state index in [1.807, 2.05) is 0 Å². The van der Waals surface area contributed by atoms with Crippen LogP contribution in [-0.4, -0.2) is 100 Å². The Hall–Kier alpha value is 1.50. The van der Waals surface area contributed by atoms with Crippen LogP contribution in [-0.2, 0) is 29.1 Å². The fraction of sp³-hybridized carbons (Fsp3) is 0.500. The molecular formula is C4H6CaNO7RhSr+4. The number of nitrogens with zero attached hydrogens (tertiary/aromatic N) is 1. The number of hydrogen-bond donors (Lipinski definition) is 0. The molecule has 0 aliphatic carbocycles. The zero-order valence-electron chi connectivity index (χ0n) is 8.05. The van der Waals surface area contributed by atoms with E-state index in [-0.39, 0.29) is 103 Å². The molecule has 78 valence electrons. The molecule has 0 saturated carbocycles. The van der Waals surface area contributed by atoms with Gasteiger partial charge in [0.05, 0.1) is 5.09 Å². The van der Waals surface area contributed by atoms with Crippen LogP contribution < -0.4 is 10.2 Å². The predicted octanol–water partition coefficient (Wildman–Crippen LogP) is -3.49. The van der Waals surface area contributed by atoms with Crippen molar-refractivity contribution in [3.63, 3.8) is 0 Å². The third kappa shape index (κ3) is 1250. The third-order valence-corrected chi connectivity index (χ3v) is 0. The quantitative estimate of drug-likeness (QED) is 0.229. The van der Waals surface area contributed by atoms with Crippen LogP contribution in [0.15, 0.2) is 0 Å². The van der Waals surface area contributed by atoms with E-state index in [2.05, 4.69) is 0 Å². The van der Waals surface area contributed by atoms with Crippen molar-refractivity contribution in [3.8, 4) is 0 Å². The number of carbonyl (C=O) groups is 2. The van der Waals surface area contributed by atoms with Gasteiger partial charge in [-0.2, -0.15) is 0 Å². The SMILES string of the molecule is CC(=O)[O-].CC(=O)[O-].O=[N+]([O-])[O-].[Ca+2].[Rh+3].[Sr+2]. The Bertz CT molecular complexity index is 129. The number of rotatable bonds is 0. The molecule has 0 bridgehead atoms. The van der Waals surface area contributed by atoms with Gasteiger partial charge in [0.1, 0.15) is 0 Å². The molecule has 0 spiro atoms. The fourth-order valence-corrected chi connectivity index (χ4v) is 0. The summed E-state index contributed by atoms with van der Waals surface area (Å²) < 4.78 is 0. The summed E-state index contributed by atoms with van der Waals surface area (Å²) in [7, 11) is 0. The van der Waals surface area contributed by atoms with Crippen molar-refractivity contribution in [2.24, 2.45) is 0 Å². The van der Waals surface area contributed by atoms with Crippen LogP contribution in [0.3, 0.4) is 0 Å². The molecule has 0 unspecified atom stereocenters. The summed E-state index contributed by atoms with van der Waals surface area (Å²) in [5.74, 6) is -2.17. The number of carbonyl (C=O) groups excluding carboxylic acids is 2. The van der Waals surface area contributed by atoms with Crippen molar-refractivity contribution in [2.75, 3.05) is 0 Å². The van der Waals surface area contributed by atoms with Crippen LogP contribution in [0.5, 0.6) is 0 Å². The summed E-state index contributed by atoms with van der Waals surface area (Å²) >= 11 is 0. The first-order valence-electron chi connectivity index (χ1n) is 2.36. The first-order valence-corrected chi connectivity index (χ1v) is 2.36. The summed E-state index contributed by atoms with van der Waals surface area (Å²) in [6.45, 7) is 1.94. The minimum atomic E-state index is -1.75. The van der Waals surface area contributed by atoms with E-state index in [4.69, 9.17) is 35.1 Å². The van der Waals surface area contributed by atoms with Gasteiger partial charge < -0.3 is 35.1 Å². The van der Waals surface area contributed by atoms with Gasteiger partial charge in [0.15, 0.2) is 0 Å². The van der Waals surface area contributed by atoms with Crippen molar-refractivity contribution in [1.82, 2.24) is 0 Å². The second kappa shape index (κ2) is 29.6. The van der Waals surface area contributed by atoms with Crippen molar-refractivity contribution in [1.29, 1.82) is 0 Å². The minimum absolute atomic E-state index is 0. The molecule has 8 nitrogen and oxygen atoms in total. The number of carboxylic acid groups (broad SMARTS) is 2. The van der Waals surface area contributed by atoms with Crippen LogP contribution in [0, 0.1) is 15.3 Å². The minimum Gasteiger partial charge on any atom is -0.550 e. The first-order chi connectivity index (χ1) is 5.20. The Balaban J connectivity index is -0.0000000184. The van der Waals surface area contributed by atoms with Crippen LogP contribution >= 0.6 is 0 Å². The van der Waals surface area contributed by atoms with Gasteiger partial charge in [-0.25, -0.2) is 0 Å². The number of hydrogen-bond acceptors (Lipinski definition) is 7. The summed E-state index contributed by atoms with van der Waals surface area (Å²) in [5.41, 5.74) is 0. The molecule has 0 rings (SSSR count). The Kier molecular flexibility index (Phi) is 70.9. The van der Waals surface area contributed by atoms with E-state index in [1.54, 1.807) is 0 Å². The predicted molar refractivity (Wildman–Crippen MR) is 43.2 cm³/mol. The molecule has 0 aromatic heterocycles. The molecule has 15 heavy (non-hydrogen) atoms. The van der Waals surface area contributed by atoms with Gasteiger partial charge in [-0.1, -0.05) is 0 Å². The molecule has 0 amide bonds. The molecular weight excluding hydrogens is 405 g/mol. The van der Waals surface area contributed by atoms with E-state index in [0.717, 1.165) is 13.8 Å². The third-order valence-electron chi connectivity index (χ3n) is 0. The van der Waals surface area contributed by atoms with Gasteiger partial charge in [0.25, 0.3) is 0 Å². The van der Waals surface area contributed by atoms with Crippen molar-refractivity contribution in [3.05, 3.63) is 15.3 Å². The summed E-state index contributed by atoms with van der Waals surface area (Å²) in [6, 6.07) is 0. The van der Waals surface area contributed by atoms with E-state index in [0.29, 0.717) is 0 Å². The van der Waals surface area contributed by atoms with E-state index in [9.17, 15) is 0 Å². The van der Waals surface area contributed by atoms with Gasteiger partial charge in [-0.05, 0) is 13.8 Å². The Morgan fingerprint density at radius 3 is 1.00 bits per heavy atom. The van der Waals surface area contributed by atoms with Crippen LogP contribution in [0.1, 0.15) is 13.8 Å². The summed E-state index contributed by atoms with van der Waals surface area (Å²) in [6.07, 6.45) is 0. The number of carboxylic acids is 2. The molecule has 0 aliphatic rings. The molecule has 0 atom stereocenters. The molecule has 0 aromatic carbocycles. The Labute approximate surface area is 166 Å². The van der Waals surface area contributed by atoms with Gasteiger partial charge in [-0.15, -0.1) is 0 Å². The van der Waals surface area contributed by atoms with Crippen LogP contribution in [0.25, 0.3) is 0 Å². The van der Waals surface area contributed by atoms with E-state index < -0.39 is 17.0 Å². The molecule has 0 aliphatic heterocycles. The fourth-order valence-electron chi connectivity index (χ4n) is 0. The normalized spacial score (nSPS) is 4.93. The molecule has 0 heterocycles. The van der Waals surface area contributed by atoms with E-state index >= 15 is 0 Å².